The third kappa shape index (κ3) is 5.38. The zero-order valence-corrected chi connectivity index (χ0v) is 18.1. The van der Waals surface area contributed by atoms with Crippen LogP contribution >= 0.6 is 23.2 Å². The van der Waals surface area contributed by atoms with Crippen LogP contribution in [0.3, 0.4) is 0 Å². The van der Waals surface area contributed by atoms with E-state index in [1.807, 2.05) is 6.92 Å². The first kappa shape index (κ1) is 22.5. The van der Waals surface area contributed by atoms with Crippen molar-refractivity contribution in [2.24, 2.45) is 0 Å². The second kappa shape index (κ2) is 9.60. The normalized spacial score (nSPS) is 12.6. The first-order chi connectivity index (χ1) is 13.2. The highest BCUT2D eigenvalue weighted by atomic mass is 35.5. The number of nitrogens with zero attached hydrogens (tertiary/aromatic N) is 1. The Morgan fingerprint density at radius 3 is 2.36 bits per heavy atom. The molecule has 0 aliphatic carbocycles. The van der Waals surface area contributed by atoms with Gasteiger partial charge in [-0.2, -0.15) is 4.31 Å². The number of sulfonamides is 1. The molecule has 0 aromatic heterocycles. The van der Waals surface area contributed by atoms with Crippen LogP contribution in [0.5, 0.6) is 5.75 Å². The molecule has 0 saturated carbocycles. The largest absolute Gasteiger partial charge is 0.495 e. The molecule has 9 heteroatoms. The van der Waals surface area contributed by atoms with Gasteiger partial charge in [-0.3, -0.25) is 4.79 Å². The van der Waals surface area contributed by atoms with Crippen molar-refractivity contribution < 1.29 is 17.9 Å². The minimum atomic E-state index is -3.88. The molecule has 0 radical (unpaired) electrons. The summed E-state index contributed by atoms with van der Waals surface area (Å²) in [5.74, 6) is -0.0364. The lowest BCUT2D eigenvalue weighted by molar-refractivity contribution is -0.121. The zero-order valence-electron chi connectivity index (χ0n) is 15.8. The van der Waals surface area contributed by atoms with Crippen molar-refractivity contribution in [2.75, 3.05) is 20.2 Å². The summed E-state index contributed by atoms with van der Waals surface area (Å²) in [7, 11) is -2.44. The molecule has 0 aliphatic heterocycles. The molecular formula is C19H22Cl2N2O4S. The highest BCUT2D eigenvalue weighted by Gasteiger charge is 2.26. The first-order valence-corrected chi connectivity index (χ1v) is 10.8. The SMILES string of the molecule is CCN(CC(=O)N[C@@H](C)c1ccc(Cl)cc1)S(=O)(=O)c1ccc(OC)c(Cl)c1. The average molecular weight is 445 g/mol. The second-order valence-electron chi connectivity index (χ2n) is 6.07. The van der Waals surface area contributed by atoms with Gasteiger partial charge in [-0.25, -0.2) is 8.42 Å². The molecule has 0 unspecified atom stereocenters. The summed E-state index contributed by atoms with van der Waals surface area (Å²) < 4.78 is 31.9. The van der Waals surface area contributed by atoms with Crippen LogP contribution in [0.15, 0.2) is 47.4 Å². The molecular weight excluding hydrogens is 423 g/mol. The Labute approximate surface area is 175 Å². The molecule has 28 heavy (non-hydrogen) atoms. The molecule has 2 aromatic rings. The predicted molar refractivity (Wildman–Crippen MR) is 110 cm³/mol. The van der Waals surface area contributed by atoms with E-state index in [1.165, 1.54) is 25.3 Å². The number of likely N-dealkylation sites (N-methyl/N-ethyl adjacent to an activating group) is 1. The molecule has 0 heterocycles. The summed E-state index contributed by atoms with van der Waals surface area (Å²) in [6.45, 7) is 3.31. The highest BCUT2D eigenvalue weighted by molar-refractivity contribution is 7.89. The summed E-state index contributed by atoms with van der Waals surface area (Å²) in [5, 5.41) is 3.58. The minimum Gasteiger partial charge on any atom is -0.495 e. The first-order valence-electron chi connectivity index (χ1n) is 8.57. The maximum atomic E-state index is 12.9. The van der Waals surface area contributed by atoms with Gasteiger partial charge in [-0.15, -0.1) is 0 Å². The zero-order chi connectivity index (χ0) is 20.9. The fraction of sp³-hybridized carbons (Fsp3) is 0.316. The molecule has 0 aliphatic rings. The lowest BCUT2D eigenvalue weighted by Crippen LogP contribution is -2.41. The van der Waals surface area contributed by atoms with E-state index in [9.17, 15) is 13.2 Å². The second-order valence-corrected chi connectivity index (χ2v) is 8.85. The average Bonchev–Trinajstić information content (AvgIpc) is 2.66. The van der Waals surface area contributed by atoms with Crippen molar-refractivity contribution >= 4 is 39.1 Å². The number of halogens is 2. The fourth-order valence-corrected chi connectivity index (χ4v) is 4.49. The van der Waals surface area contributed by atoms with Gasteiger partial charge in [-0.05, 0) is 42.8 Å². The standard InChI is InChI=1S/C19H22Cl2N2O4S/c1-4-23(28(25,26)16-9-10-18(27-3)17(21)11-16)12-19(24)22-13(2)14-5-7-15(20)8-6-14/h5-11,13H,4,12H2,1-3H3,(H,22,24)/t13-/m0/s1. The maximum absolute atomic E-state index is 12.9. The number of hydrogen-bond donors (Lipinski definition) is 1. The van der Waals surface area contributed by atoms with Gasteiger partial charge >= 0.3 is 0 Å². The van der Waals surface area contributed by atoms with E-state index < -0.39 is 15.9 Å². The Balaban J connectivity index is 2.12. The number of carbonyl (C=O) groups excluding carboxylic acids is 1. The van der Waals surface area contributed by atoms with Crippen LogP contribution in [0.4, 0.5) is 0 Å². The predicted octanol–water partition coefficient (Wildman–Crippen LogP) is 3.89. The number of rotatable bonds is 8. The van der Waals surface area contributed by atoms with Crippen molar-refractivity contribution in [1.29, 1.82) is 0 Å². The van der Waals surface area contributed by atoms with Gasteiger partial charge in [0.05, 0.1) is 29.6 Å². The molecule has 152 valence electrons. The molecule has 1 N–H and O–H groups in total. The van der Waals surface area contributed by atoms with Gasteiger partial charge in [0.15, 0.2) is 0 Å². The van der Waals surface area contributed by atoms with E-state index in [0.29, 0.717) is 10.8 Å². The molecule has 2 aromatic carbocycles. The number of benzene rings is 2. The molecule has 0 fully saturated rings. The molecule has 0 bridgehead atoms. The summed E-state index contributed by atoms with van der Waals surface area (Å²) in [5.41, 5.74) is 0.866. The number of amides is 1. The number of ether oxygens (including phenoxy) is 1. The van der Waals surface area contributed by atoms with Crippen LogP contribution in [0.25, 0.3) is 0 Å². The monoisotopic (exact) mass is 444 g/mol. The van der Waals surface area contributed by atoms with Crippen molar-refractivity contribution in [1.82, 2.24) is 9.62 Å². The molecule has 0 spiro atoms. The Kier molecular flexibility index (Phi) is 7.71. The lowest BCUT2D eigenvalue weighted by atomic mass is 10.1. The Bertz CT molecular complexity index is 933. The third-order valence-corrected chi connectivity index (χ3v) is 6.65. The third-order valence-electron chi connectivity index (χ3n) is 4.18. The topological polar surface area (TPSA) is 75.7 Å². The van der Waals surface area contributed by atoms with Crippen molar-refractivity contribution in [3.8, 4) is 5.75 Å². The van der Waals surface area contributed by atoms with Gasteiger partial charge in [0.2, 0.25) is 15.9 Å². The molecule has 1 amide bonds. The van der Waals surface area contributed by atoms with Gasteiger partial charge in [0.1, 0.15) is 5.75 Å². The van der Waals surface area contributed by atoms with Crippen molar-refractivity contribution in [3.63, 3.8) is 0 Å². The van der Waals surface area contributed by atoms with Crippen molar-refractivity contribution in [2.45, 2.75) is 24.8 Å². The summed E-state index contributed by atoms with van der Waals surface area (Å²) in [6, 6.07) is 11.0. The number of nitrogens with one attached hydrogen (secondary N) is 1. The smallest absolute Gasteiger partial charge is 0.243 e. The molecule has 1 atom stereocenters. The summed E-state index contributed by atoms with van der Waals surface area (Å²) >= 11 is 11.9. The maximum Gasteiger partial charge on any atom is 0.243 e. The van der Waals surface area contributed by atoms with Gasteiger partial charge in [-0.1, -0.05) is 42.3 Å². The number of carbonyl (C=O) groups is 1. The van der Waals surface area contributed by atoms with E-state index in [0.717, 1.165) is 9.87 Å². The summed E-state index contributed by atoms with van der Waals surface area (Å²) in [4.78, 5) is 12.4. The molecule has 6 nitrogen and oxygen atoms in total. The van der Waals surface area contributed by atoms with E-state index in [-0.39, 0.29) is 29.0 Å². The van der Waals surface area contributed by atoms with E-state index in [1.54, 1.807) is 31.2 Å². The Morgan fingerprint density at radius 1 is 1.18 bits per heavy atom. The lowest BCUT2D eigenvalue weighted by Gasteiger charge is -2.22. The van der Waals surface area contributed by atoms with Gasteiger partial charge < -0.3 is 10.1 Å². The number of hydrogen-bond acceptors (Lipinski definition) is 4. The van der Waals surface area contributed by atoms with E-state index in [2.05, 4.69) is 5.32 Å². The van der Waals surface area contributed by atoms with E-state index >= 15 is 0 Å². The fourth-order valence-electron chi connectivity index (χ4n) is 2.61. The quantitative estimate of drug-likeness (QED) is 0.669. The highest BCUT2D eigenvalue weighted by Crippen LogP contribution is 2.28. The van der Waals surface area contributed by atoms with Gasteiger partial charge in [0.25, 0.3) is 0 Å². The van der Waals surface area contributed by atoms with Crippen LogP contribution in [-0.4, -0.2) is 38.8 Å². The van der Waals surface area contributed by atoms with Crippen LogP contribution in [0.2, 0.25) is 10.0 Å². The van der Waals surface area contributed by atoms with Crippen LogP contribution in [-0.2, 0) is 14.8 Å². The minimum absolute atomic E-state index is 0.00120. The molecule has 2 rings (SSSR count). The molecule has 0 saturated heterocycles. The van der Waals surface area contributed by atoms with Crippen LogP contribution < -0.4 is 10.1 Å². The van der Waals surface area contributed by atoms with Crippen LogP contribution in [0, 0.1) is 0 Å². The Hall–Kier alpha value is -1.80. The van der Waals surface area contributed by atoms with E-state index in [4.69, 9.17) is 27.9 Å². The van der Waals surface area contributed by atoms with Crippen LogP contribution in [0.1, 0.15) is 25.5 Å². The van der Waals surface area contributed by atoms with Crippen molar-refractivity contribution in [3.05, 3.63) is 58.1 Å². The van der Waals surface area contributed by atoms with Gasteiger partial charge in [0, 0.05) is 11.6 Å². The number of methoxy groups -OCH3 is 1. The Morgan fingerprint density at radius 2 is 1.82 bits per heavy atom. The summed E-state index contributed by atoms with van der Waals surface area (Å²) in [6.07, 6.45) is 0.